The molecular formula is C15H29NS. The second-order valence-corrected chi connectivity index (χ2v) is 4.87. The van der Waals surface area contributed by atoms with Crippen LogP contribution in [0.3, 0.4) is 0 Å². The molecule has 0 bridgehead atoms. The zero-order valence-electron chi connectivity index (χ0n) is 12.5. The first-order valence-corrected chi connectivity index (χ1v) is 7.66. The molecule has 1 nitrogen and oxygen atoms in total. The second-order valence-electron chi connectivity index (χ2n) is 3.85. The van der Waals surface area contributed by atoms with Crippen molar-refractivity contribution in [1.29, 1.82) is 0 Å². The first kappa shape index (κ1) is 18.9. The van der Waals surface area contributed by atoms with Crippen LogP contribution >= 0.6 is 11.8 Å². The molecule has 2 rings (SSSR count). The molecule has 2 unspecified atom stereocenters. The Morgan fingerprint density at radius 2 is 1.41 bits per heavy atom. The molecule has 0 saturated heterocycles. The summed E-state index contributed by atoms with van der Waals surface area (Å²) in [6.45, 7) is 14.5. The molecule has 0 aromatic heterocycles. The molecule has 0 saturated carbocycles. The molecule has 0 aromatic rings. The number of nitrogens with zero attached hydrogens (tertiary/aromatic N) is 1. The Balaban J connectivity index is 0. The maximum absolute atomic E-state index is 4.26. The van der Waals surface area contributed by atoms with Gasteiger partial charge in [-0.05, 0) is 5.92 Å². The number of fused-ring (bicyclic) bond motifs is 1. The van der Waals surface area contributed by atoms with Crippen molar-refractivity contribution in [1.82, 2.24) is 0 Å². The van der Waals surface area contributed by atoms with E-state index in [1.54, 1.807) is 11.8 Å². The van der Waals surface area contributed by atoms with Crippen molar-refractivity contribution in [3.8, 4) is 0 Å². The summed E-state index contributed by atoms with van der Waals surface area (Å²) < 4.78 is 0. The quantitative estimate of drug-likeness (QED) is 0.569. The van der Waals surface area contributed by atoms with Gasteiger partial charge in [0.2, 0.25) is 0 Å². The number of hydrogen-bond acceptors (Lipinski definition) is 2. The third-order valence-corrected chi connectivity index (χ3v) is 2.50. The van der Waals surface area contributed by atoms with E-state index in [1.165, 1.54) is 0 Å². The Labute approximate surface area is 112 Å². The smallest absolute Gasteiger partial charge is 0.0846 e. The predicted molar refractivity (Wildman–Crippen MR) is 85.1 cm³/mol. The lowest BCUT2D eigenvalue weighted by Crippen LogP contribution is -2.13. The van der Waals surface area contributed by atoms with Crippen molar-refractivity contribution in [3.63, 3.8) is 0 Å². The molecule has 17 heavy (non-hydrogen) atoms. The number of thioether (sulfide) groups is 1. The lowest BCUT2D eigenvalue weighted by atomic mass is 10.1. The lowest BCUT2D eigenvalue weighted by molar-refractivity contribution is 0.737. The Morgan fingerprint density at radius 1 is 0.941 bits per heavy atom. The van der Waals surface area contributed by atoms with Gasteiger partial charge in [-0.25, -0.2) is 0 Å². The third kappa shape index (κ3) is 10.4. The van der Waals surface area contributed by atoms with Crippen molar-refractivity contribution in [2.45, 2.75) is 59.8 Å². The number of allylic oxidation sites excluding steroid dienone is 2. The molecule has 1 aliphatic carbocycles. The largest absolute Gasteiger partial charge is 0.277 e. The van der Waals surface area contributed by atoms with Crippen LogP contribution in [0.1, 0.15) is 48.5 Å². The predicted octanol–water partition coefficient (Wildman–Crippen LogP) is 5.34. The molecule has 0 fully saturated rings. The summed E-state index contributed by atoms with van der Waals surface area (Å²) in [4.78, 5) is 4.26. The van der Waals surface area contributed by atoms with Crippen molar-refractivity contribution in [3.05, 3.63) is 24.3 Å². The van der Waals surface area contributed by atoms with E-state index in [0.29, 0.717) is 11.3 Å². The van der Waals surface area contributed by atoms with E-state index in [2.05, 4.69) is 50.1 Å². The van der Waals surface area contributed by atoms with Gasteiger partial charge in [0.1, 0.15) is 0 Å². The van der Waals surface area contributed by atoms with Crippen molar-refractivity contribution < 1.29 is 0 Å². The summed E-state index contributed by atoms with van der Waals surface area (Å²) in [5.74, 6) is 0.833. The third-order valence-electron chi connectivity index (χ3n) is 1.51. The highest BCUT2D eigenvalue weighted by Gasteiger charge is 2.20. The Morgan fingerprint density at radius 3 is 1.88 bits per heavy atom. The van der Waals surface area contributed by atoms with Crippen LogP contribution in [0.5, 0.6) is 0 Å². The number of aliphatic imine (C=N–C) groups is 1. The summed E-state index contributed by atoms with van der Waals surface area (Å²) in [6.07, 6.45) is 8.48. The molecule has 1 heterocycles. The van der Waals surface area contributed by atoms with Crippen molar-refractivity contribution >= 4 is 17.3 Å². The average Bonchev–Trinajstić information content (AvgIpc) is 2.81. The van der Waals surface area contributed by atoms with Gasteiger partial charge in [0.15, 0.2) is 0 Å². The van der Waals surface area contributed by atoms with E-state index in [-0.39, 0.29) is 0 Å². The fourth-order valence-corrected chi connectivity index (χ4v) is 1.87. The normalized spacial score (nSPS) is 22.6. The minimum atomic E-state index is 0.431. The monoisotopic (exact) mass is 255 g/mol. The SMILES string of the molecule is C1=CC2N=CSC2C=C1.CC.CC.CC(C)C. The van der Waals surface area contributed by atoms with Gasteiger partial charge in [0.25, 0.3) is 0 Å². The first-order chi connectivity index (χ1) is 8.20. The zero-order chi connectivity index (χ0) is 13.7. The minimum absolute atomic E-state index is 0.431. The fourth-order valence-electron chi connectivity index (χ4n) is 1.01. The van der Waals surface area contributed by atoms with Crippen LogP contribution in [0.2, 0.25) is 0 Å². The van der Waals surface area contributed by atoms with Gasteiger partial charge < -0.3 is 0 Å². The molecule has 2 atom stereocenters. The number of hydrogen-bond donors (Lipinski definition) is 0. The summed E-state index contributed by atoms with van der Waals surface area (Å²) >= 11 is 1.80. The van der Waals surface area contributed by atoms with Crippen molar-refractivity contribution in [2.75, 3.05) is 0 Å². The molecule has 100 valence electrons. The van der Waals surface area contributed by atoms with Crippen LogP contribution in [0, 0.1) is 5.92 Å². The molecule has 0 radical (unpaired) electrons. The van der Waals surface area contributed by atoms with E-state index in [4.69, 9.17) is 0 Å². The lowest BCUT2D eigenvalue weighted by Gasteiger charge is -2.10. The molecule has 1 aliphatic heterocycles. The highest BCUT2D eigenvalue weighted by molar-refractivity contribution is 8.13. The molecular weight excluding hydrogens is 226 g/mol. The minimum Gasteiger partial charge on any atom is -0.277 e. The standard InChI is InChI=1S/C7H7NS.C4H10.2C2H6/c1-2-4-7-6(3-1)8-5-9-7;1-4(2)3;2*1-2/h1-7H;4H,1-3H3;2*1-2H3. The Bertz CT molecular complexity index is 226. The fraction of sp³-hybridized carbons (Fsp3) is 0.667. The molecule has 0 N–H and O–H groups in total. The molecule has 0 aromatic carbocycles. The summed E-state index contributed by atoms with van der Waals surface area (Å²) in [5.41, 5.74) is 1.94. The Kier molecular flexibility index (Phi) is 15.0. The molecule has 0 spiro atoms. The first-order valence-electron chi connectivity index (χ1n) is 6.72. The maximum atomic E-state index is 4.26. The molecule has 2 heteroatoms. The van der Waals surface area contributed by atoms with Gasteiger partial charge >= 0.3 is 0 Å². The topological polar surface area (TPSA) is 12.4 Å². The average molecular weight is 255 g/mol. The van der Waals surface area contributed by atoms with Crippen LogP contribution in [0.25, 0.3) is 0 Å². The van der Waals surface area contributed by atoms with Gasteiger partial charge in [-0.2, -0.15) is 0 Å². The summed E-state index contributed by atoms with van der Waals surface area (Å²) in [7, 11) is 0. The van der Waals surface area contributed by atoms with Crippen LogP contribution < -0.4 is 0 Å². The van der Waals surface area contributed by atoms with E-state index in [1.807, 2.05) is 33.2 Å². The van der Waals surface area contributed by atoms with Crippen molar-refractivity contribution in [2.24, 2.45) is 10.9 Å². The zero-order valence-corrected chi connectivity index (χ0v) is 13.3. The van der Waals surface area contributed by atoms with Gasteiger partial charge in [0.05, 0.1) is 16.8 Å². The van der Waals surface area contributed by atoms with Gasteiger partial charge in [-0.1, -0.05) is 72.8 Å². The van der Waals surface area contributed by atoms with Gasteiger partial charge in [0, 0.05) is 0 Å². The highest BCUT2D eigenvalue weighted by atomic mass is 32.2. The van der Waals surface area contributed by atoms with E-state index < -0.39 is 0 Å². The van der Waals surface area contributed by atoms with Crippen LogP contribution in [-0.4, -0.2) is 16.8 Å². The molecule has 0 amide bonds. The molecule has 2 aliphatic rings. The van der Waals surface area contributed by atoms with E-state index >= 15 is 0 Å². The summed E-state index contributed by atoms with van der Waals surface area (Å²) in [6, 6.07) is 0.431. The number of rotatable bonds is 0. The summed E-state index contributed by atoms with van der Waals surface area (Å²) in [5, 5.41) is 0.593. The van der Waals surface area contributed by atoms with Crippen LogP contribution in [0.4, 0.5) is 0 Å². The van der Waals surface area contributed by atoms with Gasteiger partial charge in [-0.3, -0.25) is 4.99 Å². The van der Waals surface area contributed by atoms with E-state index in [0.717, 1.165) is 5.92 Å². The maximum Gasteiger partial charge on any atom is 0.0846 e. The van der Waals surface area contributed by atoms with E-state index in [9.17, 15) is 0 Å². The van der Waals surface area contributed by atoms with Gasteiger partial charge in [-0.15, -0.1) is 11.8 Å². The van der Waals surface area contributed by atoms with Crippen LogP contribution in [0.15, 0.2) is 29.3 Å². The second kappa shape index (κ2) is 13.6. The Hall–Kier alpha value is -0.500. The highest BCUT2D eigenvalue weighted by Crippen LogP contribution is 2.25. The van der Waals surface area contributed by atoms with Crippen LogP contribution in [-0.2, 0) is 0 Å².